The lowest BCUT2D eigenvalue weighted by Crippen LogP contribution is -2.59. The monoisotopic (exact) mass is 816 g/mol. The summed E-state index contributed by atoms with van der Waals surface area (Å²) in [5.74, 6) is -0.664. The van der Waals surface area contributed by atoms with Crippen molar-refractivity contribution in [1.29, 1.82) is 0 Å². The maximum Gasteiger partial charge on any atom is 0.407 e. The number of pyridine rings is 2. The van der Waals surface area contributed by atoms with Crippen LogP contribution in [-0.2, 0) is 16.0 Å². The molecular formula is C44H52N10O6. The molecule has 5 aromatic rings. The Hall–Kier alpha value is -6.45. The lowest BCUT2D eigenvalue weighted by Gasteiger charge is -2.39. The van der Waals surface area contributed by atoms with E-state index in [1.54, 1.807) is 28.4 Å². The molecule has 3 aliphatic heterocycles. The maximum absolute atomic E-state index is 14.6. The summed E-state index contributed by atoms with van der Waals surface area (Å²) < 4.78 is 0. The van der Waals surface area contributed by atoms with E-state index >= 15 is 0 Å². The summed E-state index contributed by atoms with van der Waals surface area (Å²) in [5.41, 5.74) is 5.06. The van der Waals surface area contributed by atoms with Crippen LogP contribution in [-0.4, -0.2) is 128 Å². The highest BCUT2D eigenvalue weighted by molar-refractivity contribution is 5.92. The molecule has 60 heavy (non-hydrogen) atoms. The van der Waals surface area contributed by atoms with E-state index in [1.807, 2.05) is 61.5 Å². The predicted octanol–water partition coefficient (Wildman–Crippen LogP) is 4.22. The second kappa shape index (κ2) is 17.8. The van der Waals surface area contributed by atoms with Gasteiger partial charge in [-0.25, -0.2) is 9.59 Å². The van der Waals surface area contributed by atoms with Gasteiger partial charge < -0.3 is 40.3 Å². The number of likely N-dealkylation sites (tertiary alicyclic amines) is 2. The number of anilines is 1. The van der Waals surface area contributed by atoms with Gasteiger partial charge in [0.1, 0.15) is 12.1 Å². The second-order valence-electron chi connectivity index (χ2n) is 16.4. The highest BCUT2D eigenvalue weighted by Gasteiger charge is 2.35. The molecule has 5 N–H and O–H groups in total. The molecule has 3 fully saturated rings. The fraction of sp³-hybridized carbons (Fsp3) is 0.432. The first-order valence-electron chi connectivity index (χ1n) is 20.9. The Morgan fingerprint density at radius 3 is 2.27 bits per heavy atom. The Kier molecular flexibility index (Phi) is 12.0. The van der Waals surface area contributed by atoms with Crippen molar-refractivity contribution in [3.63, 3.8) is 0 Å². The summed E-state index contributed by atoms with van der Waals surface area (Å²) in [4.78, 5) is 82.0. The van der Waals surface area contributed by atoms with Crippen molar-refractivity contribution in [2.75, 3.05) is 57.3 Å². The van der Waals surface area contributed by atoms with Gasteiger partial charge in [0.15, 0.2) is 0 Å². The average Bonchev–Trinajstić information content (AvgIpc) is 3.75. The maximum atomic E-state index is 14.6. The number of piperazine rings is 1. The van der Waals surface area contributed by atoms with Gasteiger partial charge in [0.25, 0.3) is 5.56 Å². The minimum atomic E-state index is -1.02. The average molecular weight is 817 g/mol. The van der Waals surface area contributed by atoms with Gasteiger partial charge in [-0.15, -0.1) is 0 Å². The molecule has 16 nitrogen and oxygen atoms in total. The third kappa shape index (κ3) is 9.06. The van der Waals surface area contributed by atoms with E-state index in [1.165, 1.54) is 4.90 Å². The number of carbonyl (C=O) groups excluding carboxylic acids is 3. The minimum absolute atomic E-state index is 0.0169. The highest BCUT2D eigenvalue weighted by atomic mass is 16.4. The number of carboxylic acid groups (broad SMARTS) is 1. The van der Waals surface area contributed by atoms with E-state index in [0.717, 1.165) is 38.6 Å². The summed E-state index contributed by atoms with van der Waals surface area (Å²) in [7, 11) is 0. The summed E-state index contributed by atoms with van der Waals surface area (Å²) in [5, 5.41) is 24.7. The van der Waals surface area contributed by atoms with E-state index in [-0.39, 0.29) is 29.7 Å². The summed E-state index contributed by atoms with van der Waals surface area (Å²) in [6.45, 7) is 5.66. The van der Waals surface area contributed by atoms with Crippen molar-refractivity contribution in [3.8, 4) is 0 Å². The molecule has 2 atom stereocenters. The van der Waals surface area contributed by atoms with E-state index in [4.69, 9.17) is 0 Å². The Morgan fingerprint density at radius 1 is 0.817 bits per heavy atom. The van der Waals surface area contributed by atoms with Crippen molar-refractivity contribution in [2.45, 2.75) is 63.5 Å². The number of amides is 5. The number of aromatic nitrogens is 4. The number of para-hydroxylation sites is 1. The number of hydrogen-bond donors (Lipinski definition) is 5. The number of nitrogens with one attached hydrogen (secondary N) is 4. The van der Waals surface area contributed by atoms with E-state index in [9.17, 15) is 29.1 Å². The number of urea groups is 1. The zero-order valence-corrected chi connectivity index (χ0v) is 33.8. The second-order valence-corrected chi connectivity index (χ2v) is 16.4. The van der Waals surface area contributed by atoms with Crippen molar-refractivity contribution in [2.24, 2.45) is 5.92 Å². The number of fused-ring (bicyclic) bond motifs is 2. The van der Waals surface area contributed by atoms with Crippen LogP contribution in [0, 0.1) is 12.8 Å². The van der Waals surface area contributed by atoms with Crippen LogP contribution in [0.2, 0.25) is 0 Å². The fourth-order valence-electron chi connectivity index (χ4n) is 9.12. The third-order valence-electron chi connectivity index (χ3n) is 12.6. The lowest BCUT2D eigenvalue weighted by atomic mass is 9.89. The van der Waals surface area contributed by atoms with Gasteiger partial charge in [-0.1, -0.05) is 24.3 Å². The molecule has 0 bridgehead atoms. The number of piperidine rings is 2. The van der Waals surface area contributed by atoms with Gasteiger partial charge >= 0.3 is 12.1 Å². The molecule has 2 aromatic carbocycles. The fourth-order valence-corrected chi connectivity index (χ4v) is 9.12. The quantitative estimate of drug-likeness (QED) is 0.137. The zero-order chi connectivity index (χ0) is 41.8. The summed E-state index contributed by atoms with van der Waals surface area (Å²) in [6, 6.07) is 15.1. The molecule has 3 aromatic heterocycles. The smallest absolute Gasteiger partial charge is 0.407 e. The van der Waals surface area contributed by atoms with Gasteiger partial charge in [0.2, 0.25) is 11.8 Å². The van der Waals surface area contributed by atoms with Crippen LogP contribution in [0.1, 0.15) is 54.7 Å². The standard InChI is InChI=1S/C44H52N10O6/c1-28-22-30(23-33-27-46-50-39(28)33)25-37(49-43(58)53-16-10-31(11-17-53)35-26-32-4-2-3-5-36(32)47-40(35)55)41(56)48-38(24-29-8-14-54(15-9-29)44(59)60)42(57)52-20-18-51(19-21-52)34-6-12-45-13-7-34/h2-7,12-13,22-23,26-27,29,31,37-38H,8-11,14-21,24-25H2,1H3,(H,46,50)(H,47,55)(H,48,56)(H,49,58)(H,59,60). The van der Waals surface area contributed by atoms with Gasteiger partial charge in [-0.05, 0) is 97.7 Å². The SMILES string of the molecule is Cc1cc(CC(NC(=O)N2CCC(c3cc4ccccc4[nH]c3=O)CC2)C(=O)NC(CC2CCN(C(=O)O)CC2)C(=O)N2CCN(c3ccncc3)CC2)cc2cn[nH]c12. The van der Waals surface area contributed by atoms with Crippen LogP contribution in [0.25, 0.3) is 21.8 Å². The van der Waals surface area contributed by atoms with Crippen molar-refractivity contribution < 1.29 is 24.3 Å². The molecule has 6 heterocycles. The molecule has 0 radical (unpaired) electrons. The third-order valence-corrected chi connectivity index (χ3v) is 12.6. The largest absolute Gasteiger partial charge is 0.465 e. The number of rotatable bonds is 10. The number of hydrogen-bond acceptors (Lipinski definition) is 8. The number of carbonyl (C=O) groups is 4. The summed E-state index contributed by atoms with van der Waals surface area (Å²) in [6.07, 6.45) is 7.11. The molecule has 3 saturated heterocycles. The Labute approximate surface area is 347 Å². The Bertz CT molecular complexity index is 2390. The highest BCUT2D eigenvalue weighted by Crippen LogP contribution is 2.28. The van der Waals surface area contributed by atoms with Gasteiger partial charge in [-0.3, -0.25) is 24.5 Å². The van der Waals surface area contributed by atoms with Crippen molar-refractivity contribution in [1.82, 2.24) is 45.5 Å². The molecule has 0 spiro atoms. The van der Waals surface area contributed by atoms with Gasteiger partial charge in [0, 0.05) is 93.3 Å². The summed E-state index contributed by atoms with van der Waals surface area (Å²) >= 11 is 0. The Balaban J connectivity index is 0.993. The van der Waals surface area contributed by atoms with E-state index < -0.39 is 30.1 Å². The van der Waals surface area contributed by atoms with Crippen molar-refractivity contribution in [3.05, 3.63) is 100 Å². The number of nitrogens with zero attached hydrogens (tertiary/aromatic N) is 6. The van der Waals surface area contributed by atoms with Gasteiger partial charge in [-0.2, -0.15) is 5.10 Å². The van der Waals surface area contributed by atoms with Gasteiger partial charge in [0.05, 0.1) is 11.7 Å². The van der Waals surface area contributed by atoms with Crippen LogP contribution in [0.3, 0.4) is 0 Å². The molecular weight excluding hydrogens is 765 g/mol. The minimum Gasteiger partial charge on any atom is -0.465 e. The molecule has 2 unspecified atom stereocenters. The van der Waals surface area contributed by atoms with Crippen LogP contribution >= 0.6 is 0 Å². The number of aromatic amines is 2. The van der Waals surface area contributed by atoms with Crippen LogP contribution in [0.5, 0.6) is 0 Å². The van der Waals surface area contributed by atoms with E-state index in [0.29, 0.717) is 90.0 Å². The first kappa shape index (κ1) is 40.3. The molecule has 314 valence electrons. The van der Waals surface area contributed by atoms with Crippen molar-refractivity contribution >= 4 is 51.4 Å². The van der Waals surface area contributed by atoms with E-state index in [2.05, 4.69) is 35.7 Å². The first-order chi connectivity index (χ1) is 29.1. The molecule has 5 amide bonds. The zero-order valence-electron chi connectivity index (χ0n) is 33.8. The molecule has 16 heteroatoms. The van der Waals surface area contributed by atoms with Crippen LogP contribution < -0.4 is 21.1 Å². The van der Waals surface area contributed by atoms with Crippen LogP contribution in [0.15, 0.2) is 78.0 Å². The molecule has 0 saturated carbocycles. The normalized spacial score (nSPS) is 17.8. The first-order valence-corrected chi connectivity index (χ1v) is 20.9. The lowest BCUT2D eigenvalue weighted by molar-refractivity contribution is -0.137. The van der Waals surface area contributed by atoms with Crippen LogP contribution in [0.4, 0.5) is 15.3 Å². The number of H-pyrrole nitrogens is 2. The number of aryl methyl sites for hydroxylation is 1. The predicted molar refractivity (Wildman–Crippen MR) is 227 cm³/mol. The topological polar surface area (TPSA) is 200 Å². The molecule has 0 aliphatic carbocycles. The molecule has 3 aliphatic rings. The number of benzene rings is 2. The molecule has 8 rings (SSSR count). The Morgan fingerprint density at radius 2 is 1.53 bits per heavy atom.